The molecule has 0 radical (unpaired) electrons. The van der Waals surface area contributed by atoms with Crippen LogP contribution in [0.2, 0.25) is 0 Å². The molecule has 0 atom stereocenters. The third-order valence-corrected chi connectivity index (χ3v) is 4.27. The summed E-state index contributed by atoms with van der Waals surface area (Å²) in [5.41, 5.74) is 1.27. The number of hydrogen-bond donors (Lipinski definition) is 2. The first-order valence-corrected chi connectivity index (χ1v) is 8.47. The van der Waals surface area contributed by atoms with Gasteiger partial charge in [0.15, 0.2) is 6.61 Å². The minimum absolute atomic E-state index is 0.0547. The van der Waals surface area contributed by atoms with Crippen LogP contribution in [0.4, 0.5) is 11.6 Å². The number of hydrogen-bond acceptors (Lipinski definition) is 5. The molecule has 0 bridgehead atoms. The Balaban J connectivity index is 1.40. The van der Waals surface area contributed by atoms with Crippen LogP contribution in [-0.4, -0.2) is 35.6 Å². The highest BCUT2D eigenvalue weighted by atomic mass is 16.5. The zero-order valence-electron chi connectivity index (χ0n) is 14.1. The standard InChI is InChI=1S/C19H18N4O3/c24-17-12-26-16-9-4-3-8-15(16)23(17)11-5-10-20-19-21-14-7-2-1-6-13(14)18(25)22-19/h1-4,6-9H,5,10-12H2,(H2,20,21,22,25). The summed E-state index contributed by atoms with van der Waals surface area (Å²) in [6, 6.07) is 14.7. The molecule has 1 amide bonds. The van der Waals surface area contributed by atoms with Crippen LogP contribution in [0.5, 0.6) is 5.75 Å². The van der Waals surface area contributed by atoms with Gasteiger partial charge in [-0.15, -0.1) is 0 Å². The summed E-state index contributed by atoms with van der Waals surface area (Å²) in [7, 11) is 0. The summed E-state index contributed by atoms with van der Waals surface area (Å²) in [6.45, 7) is 1.20. The van der Waals surface area contributed by atoms with Gasteiger partial charge in [0.05, 0.1) is 16.6 Å². The van der Waals surface area contributed by atoms with E-state index in [-0.39, 0.29) is 18.1 Å². The number of aromatic nitrogens is 2. The van der Waals surface area contributed by atoms with Crippen LogP contribution in [0.25, 0.3) is 10.9 Å². The minimum atomic E-state index is -0.171. The second kappa shape index (κ2) is 6.87. The lowest BCUT2D eigenvalue weighted by Gasteiger charge is -2.29. The maximum absolute atomic E-state index is 12.1. The van der Waals surface area contributed by atoms with Crippen LogP contribution in [-0.2, 0) is 4.79 Å². The lowest BCUT2D eigenvalue weighted by molar-refractivity contribution is -0.121. The van der Waals surface area contributed by atoms with Gasteiger partial charge >= 0.3 is 0 Å². The summed E-state index contributed by atoms with van der Waals surface area (Å²) in [4.78, 5) is 33.1. The summed E-state index contributed by atoms with van der Waals surface area (Å²) >= 11 is 0. The number of fused-ring (bicyclic) bond motifs is 2. The molecular weight excluding hydrogens is 332 g/mol. The molecule has 2 N–H and O–H groups in total. The van der Waals surface area contributed by atoms with Crippen molar-refractivity contribution in [2.24, 2.45) is 0 Å². The van der Waals surface area contributed by atoms with E-state index in [0.29, 0.717) is 36.4 Å². The Morgan fingerprint density at radius 3 is 2.85 bits per heavy atom. The smallest absolute Gasteiger partial charge is 0.265 e. The van der Waals surface area contributed by atoms with Gasteiger partial charge < -0.3 is 15.0 Å². The fraction of sp³-hybridized carbons (Fsp3) is 0.211. The molecule has 2 heterocycles. The van der Waals surface area contributed by atoms with Gasteiger partial charge in [0.25, 0.3) is 11.5 Å². The molecule has 2 aromatic carbocycles. The first-order chi connectivity index (χ1) is 12.7. The topological polar surface area (TPSA) is 87.3 Å². The van der Waals surface area contributed by atoms with Crippen molar-refractivity contribution in [1.82, 2.24) is 9.97 Å². The fourth-order valence-corrected chi connectivity index (χ4v) is 3.01. The number of carbonyl (C=O) groups is 1. The van der Waals surface area contributed by atoms with Gasteiger partial charge in [-0.2, -0.15) is 0 Å². The van der Waals surface area contributed by atoms with E-state index in [1.54, 1.807) is 17.0 Å². The Morgan fingerprint density at radius 1 is 1.12 bits per heavy atom. The van der Waals surface area contributed by atoms with Crippen LogP contribution in [0.15, 0.2) is 53.3 Å². The van der Waals surface area contributed by atoms with Crippen molar-refractivity contribution in [3.05, 3.63) is 58.9 Å². The first kappa shape index (κ1) is 16.1. The molecule has 0 spiro atoms. The van der Waals surface area contributed by atoms with E-state index in [9.17, 15) is 9.59 Å². The van der Waals surface area contributed by atoms with Crippen molar-refractivity contribution in [2.45, 2.75) is 6.42 Å². The Morgan fingerprint density at radius 2 is 1.92 bits per heavy atom. The molecule has 4 rings (SSSR count). The number of para-hydroxylation sites is 3. The predicted octanol–water partition coefficient (Wildman–Crippen LogP) is 2.15. The third kappa shape index (κ3) is 3.11. The Kier molecular flexibility index (Phi) is 4.27. The summed E-state index contributed by atoms with van der Waals surface area (Å²) in [6.07, 6.45) is 0.705. The van der Waals surface area contributed by atoms with Gasteiger partial charge in [0.1, 0.15) is 5.75 Å². The van der Waals surface area contributed by atoms with Crippen LogP contribution in [0.3, 0.4) is 0 Å². The van der Waals surface area contributed by atoms with Crippen molar-refractivity contribution < 1.29 is 9.53 Å². The first-order valence-electron chi connectivity index (χ1n) is 8.47. The summed E-state index contributed by atoms with van der Waals surface area (Å²) in [5.74, 6) is 1.10. The number of anilines is 2. The predicted molar refractivity (Wildman–Crippen MR) is 99.8 cm³/mol. The van der Waals surface area contributed by atoms with E-state index in [1.165, 1.54) is 0 Å². The molecule has 0 fully saturated rings. The maximum Gasteiger partial charge on any atom is 0.265 e. The Bertz CT molecular complexity index is 1010. The van der Waals surface area contributed by atoms with Crippen molar-refractivity contribution in [1.29, 1.82) is 0 Å². The molecule has 7 heteroatoms. The SMILES string of the molecule is O=C1COc2ccccc2N1CCCNc1nc2ccccc2c(=O)[nH]1. The van der Waals surface area contributed by atoms with Crippen LogP contribution >= 0.6 is 0 Å². The molecule has 3 aromatic rings. The number of nitrogens with one attached hydrogen (secondary N) is 2. The maximum atomic E-state index is 12.1. The summed E-state index contributed by atoms with van der Waals surface area (Å²) < 4.78 is 5.44. The molecule has 7 nitrogen and oxygen atoms in total. The van der Waals surface area contributed by atoms with Gasteiger partial charge in [-0.05, 0) is 30.7 Å². The number of amides is 1. The molecule has 132 valence electrons. The highest BCUT2D eigenvalue weighted by molar-refractivity contribution is 5.97. The number of aromatic amines is 1. The van der Waals surface area contributed by atoms with Gasteiger partial charge in [-0.1, -0.05) is 24.3 Å². The van der Waals surface area contributed by atoms with Gasteiger partial charge in [0.2, 0.25) is 5.95 Å². The van der Waals surface area contributed by atoms with Gasteiger partial charge in [-0.3, -0.25) is 14.6 Å². The number of rotatable bonds is 5. The van der Waals surface area contributed by atoms with Gasteiger partial charge in [0, 0.05) is 13.1 Å². The molecule has 1 aromatic heterocycles. The fourth-order valence-electron chi connectivity index (χ4n) is 3.01. The largest absolute Gasteiger partial charge is 0.482 e. The van der Waals surface area contributed by atoms with Crippen molar-refractivity contribution in [3.8, 4) is 5.75 Å². The zero-order valence-corrected chi connectivity index (χ0v) is 14.1. The van der Waals surface area contributed by atoms with Crippen molar-refractivity contribution >= 4 is 28.4 Å². The van der Waals surface area contributed by atoms with E-state index in [4.69, 9.17) is 4.74 Å². The number of nitrogens with zero attached hydrogens (tertiary/aromatic N) is 2. The van der Waals surface area contributed by atoms with Crippen molar-refractivity contribution in [2.75, 3.05) is 29.9 Å². The molecule has 26 heavy (non-hydrogen) atoms. The second-order valence-electron chi connectivity index (χ2n) is 6.01. The van der Waals surface area contributed by atoms with E-state index in [0.717, 1.165) is 11.4 Å². The molecule has 0 unspecified atom stereocenters. The number of benzene rings is 2. The van der Waals surface area contributed by atoms with Gasteiger partial charge in [-0.25, -0.2) is 4.98 Å². The normalized spacial score (nSPS) is 13.4. The van der Waals surface area contributed by atoms with E-state index >= 15 is 0 Å². The number of carbonyl (C=O) groups excluding carboxylic acids is 1. The zero-order chi connectivity index (χ0) is 17.9. The third-order valence-electron chi connectivity index (χ3n) is 4.27. The number of ether oxygens (including phenoxy) is 1. The van der Waals surface area contributed by atoms with E-state index < -0.39 is 0 Å². The molecule has 1 aliphatic heterocycles. The second-order valence-corrected chi connectivity index (χ2v) is 6.01. The quantitative estimate of drug-likeness (QED) is 0.689. The van der Waals surface area contributed by atoms with Crippen LogP contribution < -0.4 is 20.5 Å². The monoisotopic (exact) mass is 350 g/mol. The Hall–Kier alpha value is -3.35. The lowest BCUT2D eigenvalue weighted by atomic mass is 10.2. The molecule has 0 saturated heterocycles. The van der Waals surface area contributed by atoms with E-state index in [2.05, 4.69) is 15.3 Å². The molecular formula is C19H18N4O3. The lowest BCUT2D eigenvalue weighted by Crippen LogP contribution is -2.39. The molecule has 0 aliphatic carbocycles. The van der Waals surface area contributed by atoms with E-state index in [1.807, 2.05) is 36.4 Å². The highest BCUT2D eigenvalue weighted by Gasteiger charge is 2.24. The average molecular weight is 350 g/mol. The Labute approximate surface area is 149 Å². The molecule has 0 saturated carbocycles. The average Bonchev–Trinajstić information content (AvgIpc) is 2.66. The van der Waals surface area contributed by atoms with Crippen LogP contribution in [0.1, 0.15) is 6.42 Å². The van der Waals surface area contributed by atoms with Crippen molar-refractivity contribution in [3.63, 3.8) is 0 Å². The molecule has 1 aliphatic rings. The minimum Gasteiger partial charge on any atom is -0.482 e. The number of H-pyrrole nitrogens is 1. The highest BCUT2D eigenvalue weighted by Crippen LogP contribution is 2.31. The van der Waals surface area contributed by atoms with Crippen LogP contribution in [0, 0.1) is 0 Å². The summed E-state index contributed by atoms with van der Waals surface area (Å²) in [5, 5.41) is 3.68.